The van der Waals surface area contributed by atoms with E-state index in [4.69, 9.17) is 16.3 Å². The van der Waals surface area contributed by atoms with Gasteiger partial charge >= 0.3 is 0 Å². The molecule has 2 aliphatic carbocycles. The van der Waals surface area contributed by atoms with E-state index in [1.54, 1.807) is 26.3 Å². The minimum Gasteiger partial charge on any atom is -0.497 e. The Bertz CT molecular complexity index is 1310. The highest BCUT2D eigenvalue weighted by Crippen LogP contribution is 2.32. The molecule has 0 unspecified atom stereocenters. The number of hydrogen-bond acceptors (Lipinski definition) is 6. The Morgan fingerprint density at radius 2 is 1.94 bits per heavy atom. The van der Waals surface area contributed by atoms with Crippen LogP contribution in [0, 0.1) is 17.2 Å². The molecule has 0 atom stereocenters. The normalized spacial score (nSPS) is 15.5. The SMILES string of the molecule is CN(c1c(C#N)c(=O)n(C)c2ccc(Cl)nc12)C1CCCCC1.COc1cccc(NCC2CC2)c1. The summed E-state index contributed by atoms with van der Waals surface area (Å²) in [5.41, 5.74) is 2.93. The number of benzene rings is 1. The van der Waals surface area contributed by atoms with Crippen LogP contribution in [0.1, 0.15) is 50.5 Å². The van der Waals surface area contributed by atoms with Gasteiger partial charge in [0.25, 0.3) is 5.56 Å². The van der Waals surface area contributed by atoms with Gasteiger partial charge in [0.2, 0.25) is 0 Å². The van der Waals surface area contributed by atoms with E-state index in [0.717, 1.165) is 36.7 Å². The van der Waals surface area contributed by atoms with Gasteiger partial charge in [-0.3, -0.25) is 4.79 Å². The number of anilines is 2. The van der Waals surface area contributed by atoms with Gasteiger partial charge < -0.3 is 19.5 Å². The number of aromatic nitrogens is 2. The topological polar surface area (TPSA) is 83.2 Å². The zero-order valence-corrected chi connectivity index (χ0v) is 22.0. The Labute approximate surface area is 217 Å². The number of pyridine rings is 2. The number of nitrogens with one attached hydrogen (secondary N) is 1. The molecule has 5 rings (SSSR count). The third-order valence-electron chi connectivity index (χ3n) is 7.13. The Hall–Kier alpha value is -3.24. The number of methoxy groups -OCH3 is 1. The highest BCUT2D eigenvalue weighted by atomic mass is 35.5. The van der Waals surface area contributed by atoms with Crippen molar-refractivity contribution in [2.24, 2.45) is 13.0 Å². The van der Waals surface area contributed by atoms with E-state index in [-0.39, 0.29) is 11.1 Å². The van der Waals surface area contributed by atoms with Crippen LogP contribution in [-0.2, 0) is 7.05 Å². The average Bonchev–Trinajstić information content (AvgIpc) is 3.74. The second kappa shape index (κ2) is 11.7. The Kier molecular flexibility index (Phi) is 8.37. The number of hydrogen-bond donors (Lipinski definition) is 1. The fourth-order valence-corrected chi connectivity index (χ4v) is 4.93. The smallest absolute Gasteiger partial charge is 0.270 e. The van der Waals surface area contributed by atoms with Gasteiger partial charge in [0.05, 0.1) is 18.3 Å². The van der Waals surface area contributed by atoms with E-state index in [0.29, 0.717) is 27.9 Å². The van der Waals surface area contributed by atoms with Crippen molar-refractivity contribution in [2.75, 3.05) is 30.9 Å². The van der Waals surface area contributed by atoms with Crippen molar-refractivity contribution in [3.63, 3.8) is 0 Å². The van der Waals surface area contributed by atoms with Crippen molar-refractivity contribution in [1.82, 2.24) is 9.55 Å². The van der Waals surface area contributed by atoms with Gasteiger partial charge in [-0.15, -0.1) is 0 Å². The van der Waals surface area contributed by atoms with Crippen molar-refractivity contribution in [1.29, 1.82) is 5.26 Å². The predicted octanol–water partition coefficient (Wildman–Crippen LogP) is 5.74. The van der Waals surface area contributed by atoms with Crippen LogP contribution in [0.4, 0.5) is 11.4 Å². The van der Waals surface area contributed by atoms with Gasteiger partial charge in [0.1, 0.15) is 28.1 Å². The van der Waals surface area contributed by atoms with Gasteiger partial charge in [-0.1, -0.05) is 36.9 Å². The van der Waals surface area contributed by atoms with Crippen molar-refractivity contribution < 1.29 is 4.74 Å². The zero-order valence-electron chi connectivity index (χ0n) is 21.3. The first-order valence-corrected chi connectivity index (χ1v) is 13.0. The van der Waals surface area contributed by atoms with Gasteiger partial charge in [0.15, 0.2) is 0 Å². The molecule has 2 aliphatic rings. The first kappa shape index (κ1) is 25.8. The predicted molar refractivity (Wildman–Crippen MR) is 146 cm³/mol. The summed E-state index contributed by atoms with van der Waals surface area (Å²) < 4.78 is 6.60. The van der Waals surface area contributed by atoms with Crippen molar-refractivity contribution >= 4 is 34.0 Å². The van der Waals surface area contributed by atoms with Gasteiger partial charge in [0, 0.05) is 38.4 Å². The second-order valence-electron chi connectivity index (χ2n) is 9.66. The molecule has 2 fully saturated rings. The van der Waals surface area contributed by atoms with Crippen LogP contribution in [0.3, 0.4) is 0 Å². The van der Waals surface area contributed by atoms with Crippen LogP contribution >= 0.6 is 11.6 Å². The molecular formula is C28H34ClN5O2. The third-order valence-corrected chi connectivity index (χ3v) is 7.34. The summed E-state index contributed by atoms with van der Waals surface area (Å²) in [5.74, 6) is 1.83. The fourth-order valence-electron chi connectivity index (χ4n) is 4.78. The molecule has 0 radical (unpaired) electrons. The van der Waals surface area contributed by atoms with Crippen LogP contribution in [-0.4, -0.2) is 36.3 Å². The van der Waals surface area contributed by atoms with E-state index < -0.39 is 0 Å². The molecule has 2 heterocycles. The fraction of sp³-hybridized carbons (Fsp3) is 0.464. The lowest BCUT2D eigenvalue weighted by atomic mass is 9.93. The molecule has 1 N–H and O–H groups in total. The van der Waals surface area contributed by atoms with Crippen LogP contribution in [0.5, 0.6) is 5.75 Å². The van der Waals surface area contributed by atoms with Crippen LogP contribution in [0.15, 0.2) is 41.2 Å². The summed E-state index contributed by atoms with van der Waals surface area (Å²) in [5, 5.41) is 13.3. The van der Waals surface area contributed by atoms with E-state index in [1.807, 2.05) is 25.2 Å². The van der Waals surface area contributed by atoms with Crippen LogP contribution < -0.4 is 20.5 Å². The summed E-state index contributed by atoms with van der Waals surface area (Å²) in [7, 11) is 5.30. The molecule has 0 bridgehead atoms. The number of halogens is 1. The van der Waals surface area contributed by atoms with E-state index in [2.05, 4.69) is 27.3 Å². The first-order chi connectivity index (χ1) is 17.4. The van der Waals surface area contributed by atoms with Gasteiger partial charge in [-0.2, -0.15) is 5.26 Å². The van der Waals surface area contributed by atoms with E-state index in [1.165, 1.54) is 36.7 Å². The van der Waals surface area contributed by atoms with Crippen LogP contribution in [0.2, 0.25) is 5.15 Å². The summed E-state index contributed by atoms with van der Waals surface area (Å²) in [4.78, 5) is 19.0. The zero-order chi connectivity index (χ0) is 25.7. The molecule has 0 aliphatic heterocycles. The molecule has 0 amide bonds. The molecule has 190 valence electrons. The molecule has 1 aromatic carbocycles. The maximum atomic E-state index is 12.6. The highest BCUT2D eigenvalue weighted by molar-refractivity contribution is 6.29. The number of nitrogens with zero attached hydrogens (tertiary/aromatic N) is 4. The molecule has 8 heteroatoms. The largest absolute Gasteiger partial charge is 0.497 e. The Morgan fingerprint density at radius 1 is 1.19 bits per heavy atom. The molecule has 2 saturated carbocycles. The third kappa shape index (κ3) is 5.93. The molecule has 3 aromatic rings. The van der Waals surface area contributed by atoms with Gasteiger partial charge in [-0.05, 0) is 55.9 Å². The number of aryl methyl sites for hydroxylation is 1. The monoisotopic (exact) mass is 507 g/mol. The molecule has 2 aromatic heterocycles. The van der Waals surface area contributed by atoms with Crippen molar-refractivity contribution in [3.8, 4) is 11.8 Å². The van der Waals surface area contributed by atoms with Gasteiger partial charge in [-0.25, -0.2) is 4.98 Å². The van der Waals surface area contributed by atoms with Crippen LogP contribution in [0.25, 0.3) is 11.0 Å². The number of nitriles is 1. The number of rotatable bonds is 6. The molecule has 7 nitrogen and oxygen atoms in total. The van der Waals surface area contributed by atoms with Crippen molar-refractivity contribution in [2.45, 2.75) is 51.0 Å². The van der Waals surface area contributed by atoms with Crippen molar-refractivity contribution in [3.05, 3.63) is 57.5 Å². The Balaban J connectivity index is 0.000000197. The first-order valence-electron chi connectivity index (χ1n) is 12.6. The average molecular weight is 508 g/mol. The molecule has 36 heavy (non-hydrogen) atoms. The maximum Gasteiger partial charge on any atom is 0.270 e. The van der Waals surface area contributed by atoms with E-state index >= 15 is 0 Å². The minimum atomic E-state index is -0.290. The molecule has 0 spiro atoms. The minimum absolute atomic E-state index is 0.142. The molecule has 0 saturated heterocycles. The van der Waals surface area contributed by atoms with E-state index in [9.17, 15) is 10.1 Å². The number of ether oxygens (including phenoxy) is 1. The lowest BCUT2D eigenvalue weighted by Crippen LogP contribution is -2.36. The molecular weight excluding hydrogens is 474 g/mol. The summed E-state index contributed by atoms with van der Waals surface area (Å²) in [6.07, 6.45) is 8.50. The number of fused-ring (bicyclic) bond motifs is 1. The summed E-state index contributed by atoms with van der Waals surface area (Å²) >= 11 is 6.07. The quantitative estimate of drug-likeness (QED) is 0.428. The maximum absolute atomic E-state index is 12.6. The second-order valence-corrected chi connectivity index (χ2v) is 10.0. The highest BCUT2D eigenvalue weighted by Gasteiger charge is 2.25. The lowest BCUT2D eigenvalue weighted by molar-refractivity contribution is 0.415. The summed E-state index contributed by atoms with van der Waals surface area (Å²) in [6, 6.07) is 13.9. The Morgan fingerprint density at radius 3 is 2.61 bits per heavy atom. The summed E-state index contributed by atoms with van der Waals surface area (Å²) in [6.45, 7) is 1.10. The lowest BCUT2D eigenvalue weighted by Gasteiger charge is -2.33. The standard InChI is InChI=1S/C17H19ClN4O.C11H15NO/c1-21(11-6-4-3-5-7-11)16-12(10-19)17(23)22(2)13-8-9-14(18)20-15(13)16;1-13-11-4-2-3-10(7-11)12-8-9-5-6-9/h8-9,11H,3-7H2,1-2H3;2-4,7,9,12H,5-6,8H2,1H3.